The first-order valence-corrected chi connectivity index (χ1v) is 10.2. The Morgan fingerprint density at radius 1 is 1.13 bits per heavy atom. The number of benzene rings is 2. The molecule has 2 aliphatic rings. The van der Waals surface area contributed by atoms with E-state index >= 15 is 0 Å². The number of para-hydroxylation sites is 2. The molecule has 30 heavy (non-hydrogen) atoms. The Kier molecular flexibility index (Phi) is 5.59. The molecule has 4 rings (SSSR count). The maximum absolute atomic E-state index is 14.0. The van der Waals surface area contributed by atoms with Gasteiger partial charge in [0.05, 0.1) is 24.4 Å². The quantitative estimate of drug-likeness (QED) is 0.721. The van der Waals surface area contributed by atoms with E-state index in [0.717, 1.165) is 17.7 Å². The van der Waals surface area contributed by atoms with E-state index in [-0.39, 0.29) is 30.3 Å². The van der Waals surface area contributed by atoms with Crippen LogP contribution in [-0.2, 0) is 0 Å². The monoisotopic (exact) mass is 412 g/mol. The molecule has 0 saturated carbocycles. The van der Waals surface area contributed by atoms with Gasteiger partial charge in [-0.25, -0.2) is 14.0 Å². The summed E-state index contributed by atoms with van der Waals surface area (Å²) in [6, 6.07) is 12.1. The van der Waals surface area contributed by atoms with Crippen molar-refractivity contribution in [1.29, 1.82) is 0 Å². The first kappa shape index (κ1) is 20.2. The molecule has 4 amide bonds. The van der Waals surface area contributed by atoms with Crippen molar-refractivity contribution in [2.24, 2.45) is 0 Å². The molecule has 8 heteroatoms. The van der Waals surface area contributed by atoms with Gasteiger partial charge in [0, 0.05) is 24.7 Å². The lowest BCUT2D eigenvalue weighted by atomic mass is 9.72. The summed E-state index contributed by atoms with van der Waals surface area (Å²) in [7, 11) is 0. The Labute approximate surface area is 174 Å². The largest absolute Gasteiger partial charge is 0.394 e. The van der Waals surface area contributed by atoms with Gasteiger partial charge in [-0.05, 0) is 30.2 Å². The van der Waals surface area contributed by atoms with Gasteiger partial charge >= 0.3 is 12.1 Å². The predicted molar refractivity (Wildman–Crippen MR) is 112 cm³/mol. The maximum atomic E-state index is 14.0. The summed E-state index contributed by atoms with van der Waals surface area (Å²) >= 11 is 0. The average molecular weight is 412 g/mol. The molecule has 3 N–H and O–H groups in total. The van der Waals surface area contributed by atoms with Crippen molar-refractivity contribution in [3.8, 4) is 0 Å². The summed E-state index contributed by atoms with van der Waals surface area (Å²) in [4.78, 5) is 28.9. The van der Waals surface area contributed by atoms with Crippen LogP contribution in [0.4, 0.5) is 25.4 Å². The van der Waals surface area contributed by atoms with Crippen LogP contribution in [0.1, 0.15) is 24.8 Å². The number of fused-ring (bicyclic) bond motifs is 3. The molecule has 2 aromatic rings. The van der Waals surface area contributed by atoms with Crippen LogP contribution >= 0.6 is 0 Å². The molecule has 1 fully saturated rings. The summed E-state index contributed by atoms with van der Waals surface area (Å²) in [5.74, 6) is -0.620. The van der Waals surface area contributed by atoms with Gasteiger partial charge in [0.25, 0.3) is 0 Å². The van der Waals surface area contributed by atoms with Crippen LogP contribution in [0.3, 0.4) is 0 Å². The lowest BCUT2D eigenvalue weighted by Gasteiger charge is -2.58. The fourth-order valence-electron chi connectivity index (χ4n) is 4.43. The minimum absolute atomic E-state index is 0.0800. The van der Waals surface area contributed by atoms with E-state index in [2.05, 4.69) is 10.6 Å². The molecular formula is C22H25FN4O3. The summed E-state index contributed by atoms with van der Waals surface area (Å²) < 4.78 is 14.0. The zero-order valence-corrected chi connectivity index (χ0v) is 16.7. The zero-order valence-electron chi connectivity index (χ0n) is 16.7. The number of urea groups is 2. The topological polar surface area (TPSA) is 84.9 Å². The highest BCUT2D eigenvalue weighted by molar-refractivity contribution is 5.95. The minimum Gasteiger partial charge on any atom is -0.394 e. The second kappa shape index (κ2) is 8.31. The van der Waals surface area contributed by atoms with E-state index in [1.165, 1.54) is 17.0 Å². The second-order valence-electron chi connectivity index (χ2n) is 7.56. The molecule has 3 atom stereocenters. The van der Waals surface area contributed by atoms with Gasteiger partial charge in [0.2, 0.25) is 0 Å². The molecule has 158 valence electrons. The molecule has 7 nitrogen and oxygen atoms in total. The van der Waals surface area contributed by atoms with Crippen molar-refractivity contribution in [1.82, 2.24) is 10.2 Å². The Morgan fingerprint density at radius 2 is 1.87 bits per heavy atom. The SMILES string of the molecule is CCCNC(=O)N1C[C@@H]2[C@H](c3ccccc31)[C@@H](CO)N2C(=O)Nc1ccccc1F. The molecule has 0 aliphatic carbocycles. The first-order valence-electron chi connectivity index (χ1n) is 10.2. The summed E-state index contributed by atoms with van der Waals surface area (Å²) in [6.07, 6.45) is 0.817. The smallest absolute Gasteiger partial charge is 0.322 e. The van der Waals surface area contributed by atoms with Gasteiger partial charge in [0.1, 0.15) is 5.82 Å². The van der Waals surface area contributed by atoms with Gasteiger partial charge in [-0.2, -0.15) is 0 Å². The maximum Gasteiger partial charge on any atom is 0.322 e. The van der Waals surface area contributed by atoms with Crippen molar-refractivity contribution in [3.63, 3.8) is 0 Å². The predicted octanol–water partition coefficient (Wildman–Crippen LogP) is 3.13. The second-order valence-corrected chi connectivity index (χ2v) is 7.56. The number of aliphatic hydroxyl groups excluding tert-OH is 1. The van der Waals surface area contributed by atoms with E-state index in [1.807, 2.05) is 31.2 Å². The van der Waals surface area contributed by atoms with Crippen LogP contribution in [0.5, 0.6) is 0 Å². The number of rotatable bonds is 4. The lowest BCUT2D eigenvalue weighted by molar-refractivity contribution is -0.00198. The number of amides is 4. The number of likely N-dealkylation sites (tertiary alicyclic amines) is 1. The van der Waals surface area contributed by atoms with Crippen molar-refractivity contribution < 1.29 is 19.1 Å². The van der Waals surface area contributed by atoms with Crippen LogP contribution in [0, 0.1) is 5.82 Å². The highest BCUT2D eigenvalue weighted by Gasteiger charge is 2.55. The Balaban J connectivity index is 1.61. The zero-order chi connectivity index (χ0) is 21.3. The summed E-state index contributed by atoms with van der Waals surface area (Å²) in [6.45, 7) is 2.62. The number of carbonyl (C=O) groups excluding carboxylic acids is 2. The van der Waals surface area contributed by atoms with Crippen LogP contribution in [0.15, 0.2) is 48.5 Å². The van der Waals surface area contributed by atoms with E-state index in [9.17, 15) is 19.1 Å². The van der Waals surface area contributed by atoms with E-state index in [4.69, 9.17) is 0 Å². The fraction of sp³-hybridized carbons (Fsp3) is 0.364. The normalized spacial score (nSPS) is 21.9. The van der Waals surface area contributed by atoms with Crippen LogP contribution in [0.25, 0.3) is 0 Å². The number of nitrogens with one attached hydrogen (secondary N) is 2. The first-order chi connectivity index (χ1) is 14.6. The van der Waals surface area contributed by atoms with Crippen LogP contribution in [-0.4, -0.2) is 53.8 Å². The highest BCUT2D eigenvalue weighted by atomic mass is 19.1. The highest BCUT2D eigenvalue weighted by Crippen LogP contribution is 2.48. The van der Waals surface area contributed by atoms with Gasteiger partial charge in [-0.1, -0.05) is 37.3 Å². The molecular weight excluding hydrogens is 387 g/mol. The third-order valence-corrected chi connectivity index (χ3v) is 5.81. The Morgan fingerprint density at radius 3 is 2.60 bits per heavy atom. The van der Waals surface area contributed by atoms with Crippen molar-refractivity contribution in [2.45, 2.75) is 31.3 Å². The number of halogens is 1. The molecule has 2 heterocycles. The number of carbonyl (C=O) groups is 2. The number of aliphatic hydroxyl groups is 1. The van der Waals surface area contributed by atoms with Crippen molar-refractivity contribution in [2.75, 3.05) is 29.9 Å². The van der Waals surface area contributed by atoms with Crippen molar-refractivity contribution >= 4 is 23.4 Å². The average Bonchev–Trinajstić information content (AvgIpc) is 2.74. The molecule has 2 aliphatic heterocycles. The van der Waals surface area contributed by atoms with Gasteiger partial charge < -0.3 is 20.6 Å². The van der Waals surface area contributed by atoms with Gasteiger partial charge in [-0.3, -0.25) is 4.90 Å². The summed E-state index contributed by atoms with van der Waals surface area (Å²) in [5, 5.41) is 15.5. The molecule has 0 aromatic heterocycles. The molecule has 1 saturated heterocycles. The molecule has 0 bridgehead atoms. The standard InChI is InChI=1S/C22H25FN4O3/c1-2-11-24-21(29)26-12-18-20(14-7-3-6-10-17(14)26)19(13-28)27(18)22(30)25-16-9-5-4-8-15(16)23/h3-10,18-20,28H,2,11-13H2,1H3,(H,24,29)(H,25,30)/t18-,19-,20+/m1/s1. The number of nitrogens with zero attached hydrogens (tertiary/aromatic N) is 2. The third kappa shape index (κ3) is 3.37. The van der Waals surface area contributed by atoms with Gasteiger partial charge in [-0.15, -0.1) is 0 Å². The fourth-order valence-corrected chi connectivity index (χ4v) is 4.43. The Hall–Kier alpha value is -3.13. The summed E-state index contributed by atoms with van der Waals surface area (Å²) in [5.41, 5.74) is 1.80. The van der Waals surface area contributed by atoms with Crippen LogP contribution < -0.4 is 15.5 Å². The van der Waals surface area contributed by atoms with E-state index in [0.29, 0.717) is 13.1 Å². The number of hydrogen-bond donors (Lipinski definition) is 3. The third-order valence-electron chi connectivity index (χ3n) is 5.81. The van der Waals surface area contributed by atoms with Gasteiger partial charge in [0.15, 0.2) is 0 Å². The lowest BCUT2D eigenvalue weighted by Crippen LogP contribution is -2.71. The van der Waals surface area contributed by atoms with Crippen molar-refractivity contribution in [3.05, 3.63) is 59.9 Å². The number of hydrogen-bond acceptors (Lipinski definition) is 3. The molecule has 0 unspecified atom stereocenters. The molecule has 0 spiro atoms. The van der Waals surface area contributed by atoms with E-state index in [1.54, 1.807) is 17.0 Å². The van der Waals surface area contributed by atoms with Crippen LogP contribution in [0.2, 0.25) is 0 Å². The van der Waals surface area contributed by atoms with E-state index < -0.39 is 17.9 Å². The number of anilines is 2. The Bertz CT molecular complexity index is 953. The molecule has 2 aromatic carbocycles. The minimum atomic E-state index is -0.530. The molecule has 0 radical (unpaired) electrons.